The minimum Gasteiger partial charge on any atom is -0.358 e. The molecule has 0 amide bonds. The Morgan fingerprint density at radius 1 is 0.500 bits per heavy atom. The first-order valence-corrected chi connectivity index (χ1v) is 16.6. The fourth-order valence-corrected chi connectivity index (χ4v) is 8.87. The molecule has 3 aliphatic heterocycles. The highest BCUT2D eigenvalue weighted by Gasteiger charge is 2.40. The van der Waals surface area contributed by atoms with E-state index in [4.69, 9.17) is 0 Å². The number of nitrogens with one attached hydrogen (secondary N) is 4. The lowest BCUT2D eigenvalue weighted by atomic mass is 9.74. The maximum atomic E-state index is 3.96. The molecule has 0 spiro atoms. The average molecular weight is 563 g/mol. The molecule has 220 valence electrons. The van der Waals surface area contributed by atoms with Gasteiger partial charge in [0.25, 0.3) is 0 Å². The molecule has 4 N–H and O–H groups in total. The second-order valence-corrected chi connectivity index (χ2v) is 14.2. The Kier molecular flexibility index (Phi) is 6.75. The van der Waals surface area contributed by atoms with E-state index in [2.05, 4.69) is 87.5 Å². The maximum absolute atomic E-state index is 3.96. The van der Waals surface area contributed by atoms with Gasteiger partial charge in [0, 0.05) is 69.1 Å². The molecule has 2 fully saturated rings. The van der Waals surface area contributed by atoms with E-state index in [0.29, 0.717) is 23.7 Å². The highest BCUT2D eigenvalue weighted by molar-refractivity contribution is 6.03. The van der Waals surface area contributed by atoms with Crippen molar-refractivity contribution in [2.24, 2.45) is 11.8 Å². The quantitative estimate of drug-likeness (QED) is 0.293. The van der Waals surface area contributed by atoms with Crippen molar-refractivity contribution in [2.45, 2.75) is 119 Å². The smallest absolute Gasteiger partial charge is 0.209 e. The van der Waals surface area contributed by atoms with Crippen LogP contribution < -0.4 is 9.98 Å². The summed E-state index contributed by atoms with van der Waals surface area (Å²) in [7, 11) is 0. The van der Waals surface area contributed by atoms with E-state index in [1.807, 2.05) is 0 Å². The first-order chi connectivity index (χ1) is 20.1. The lowest BCUT2D eigenvalue weighted by molar-refractivity contribution is -0.391. The number of allylic oxidation sites excluding steroid dienone is 4. The van der Waals surface area contributed by atoms with Crippen LogP contribution in [0.3, 0.4) is 0 Å². The number of hydrogen-bond donors (Lipinski definition) is 4. The molecular formula is C38H50N4+2. The summed E-state index contributed by atoms with van der Waals surface area (Å²) < 4.78 is 0. The second kappa shape index (κ2) is 10.2. The van der Waals surface area contributed by atoms with Gasteiger partial charge in [0.1, 0.15) is 0 Å². The molecule has 0 radical (unpaired) electrons. The Labute approximate surface area is 252 Å². The van der Waals surface area contributed by atoms with Gasteiger partial charge in [-0.05, 0) is 128 Å². The average Bonchev–Trinajstić information content (AvgIpc) is 3.64. The van der Waals surface area contributed by atoms with Crippen molar-refractivity contribution < 1.29 is 9.98 Å². The molecule has 4 unspecified atom stereocenters. The van der Waals surface area contributed by atoms with E-state index in [9.17, 15) is 0 Å². The zero-order valence-corrected chi connectivity index (χ0v) is 27.1. The highest BCUT2D eigenvalue weighted by atomic mass is 14.8. The normalized spacial score (nSPS) is 27.6. The molecule has 2 aliphatic carbocycles. The fraction of sp³-hybridized carbons (Fsp3) is 0.526. The van der Waals surface area contributed by atoms with Crippen molar-refractivity contribution in [3.63, 3.8) is 0 Å². The van der Waals surface area contributed by atoms with Gasteiger partial charge in [-0.2, -0.15) is 0 Å². The summed E-state index contributed by atoms with van der Waals surface area (Å²) in [5, 5.41) is 0. The number of fused-ring (bicyclic) bond motifs is 14. The van der Waals surface area contributed by atoms with Gasteiger partial charge in [-0.1, -0.05) is 12.8 Å². The predicted octanol–water partition coefficient (Wildman–Crippen LogP) is 6.26. The largest absolute Gasteiger partial charge is 0.358 e. The SMILES string of the molecule is CC1=C(C)C2=[NH+]C1=Cc1[nH]c(c(C)c1C)C1CCCC(C1)c1[nH]c(c(C)c1C)C=C1[NH+]=C(C(C)=C1C)C1CCCC2C1. The lowest BCUT2D eigenvalue weighted by Gasteiger charge is -2.29. The Balaban J connectivity index is 1.39. The topological polar surface area (TPSA) is 59.5 Å². The van der Waals surface area contributed by atoms with Crippen molar-refractivity contribution in [2.75, 3.05) is 0 Å². The third-order valence-corrected chi connectivity index (χ3v) is 12.1. The Morgan fingerprint density at radius 3 is 1.31 bits per heavy atom. The van der Waals surface area contributed by atoms with Crippen LogP contribution in [0.4, 0.5) is 0 Å². The first kappa shape index (κ1) is 27.7. The number of rotatable bonds is 0. The molecule has 5 heterocycles. The monoisotopic (exact) mass is 562 g/mol. The second-order valence-electron chi connectivity index (χ2n) is 14.2. The van der Waals surface area contributed by atoms with Crippen LogP contribution in [-0.2, 0) is 0 Å². The van der Waals surface area contributed by atoms with Crippen molar-refractivity contribution in [3.8, 4) is 0 Å². The van der Waals surface area contributed by atoms with Crippen LogP contribution >= 0.6 is 0 Å². The Hall–Kier alpha value is -3.14. The van der Waals surface area contributed by atoms with E-state index >= 15 is 0 Å². The molecule has 7 rings (SSSR count). The summed E-state index contributed by atoms with van der Waals surface area (Å²) >= 11 is 0. The first-order valence-electron chi connectivity index (χ1n) is 16.6. The summed E-state index contributed by atoms with van der Waals surface area (Å²) in [6, 6.07) is 0. The minimum absolute atomic E-state index is 0.572. The molecule has 4 heteroatoms. The molecule has 2 saturated carbocycles. The maximum Gasteiger partial charge on any atom is 0.209 e. The van der Waals surface area contributed by atoms with Crippen molar-refractivity contribution in [1.82, 2.24) is 9.97 Å². The molecule has 4 nitrogen and oxygen atoms in total. The van der Waals surface area contributed by atoms with E-state index in [0.717, 1.165) is 0 Å². The Bertz CT molecular complexity index is 1550. The summed E-state index contributed by atoms with van der Waals surface area (Å²) in [6.07, 6.45) is 14.9. The summed E-state index contributed by atoms with van der Waals surface area (Å²) in [5.74, 6) is 2.29. The zero-order valence-electron chi connectivity index (χ0n) is 27.1. The van der Waals surface area contributed by atoms with Crippen LogP contribution in [0, 0.1) is 39.5 Å². The molecular weight excluding hydrogens is 512 g/mol. The van der Waals surface area contributed by atoms with E-state index in [1.54, 1.807) is 0 Å². The van der Waals surface area contributed by atoms with Crippen molar-refractivity contribution in [3.05, 3.63) is 78.7 Å². The van der Waals surface area contributed by atoms with Gasteiger partial charge in [0.15, 0.2) is 11.4 Å². The molecule has 2 aromatic rings. The third kappa shape index (κ3) is 4.31. The molecule has 5 aliphatic rings. The molecule has 42 heavy (non-hydrogen) atoms. The van der Waals surface area contributed by atoms with E-state index < -0.39 is 0 Å². The standard InChI is InChI=1S/C38H48N4/c1-19-23(5)35-27-11-9-12-28(15-27)37-25(7)21(3)33(41-37)18-34-22(4)26(8)38(42-34)30-14-10-13-29(16-30)36-24(6)20(2)32(40-36)17-31(19)39-35/h17-18,27-30,39,41H,9-16H2,1-8H3/p+2. The van der Waals surface area contributed by atoms with Crippen LogP contribution in [0.25, 0.3) is 12.2 Å². The molecule has 0 aromatic carbocycles. The van der Waals surface area contributed by atoms with Crippen LogP contribution in [0.15, 0.2) is 33.7 Å². The van der Waals surface area contributed by atoms with Gasteiger partial charge < -0.3 is 9.97 Å². The summed E-state index contributed by atoms with van der Waals surface area (Å²) in [5.41, 5.74) is 22.4. The number of H-pyrrole nitrogens is 2. The van der Waals surface area contributed by atoms with Gasteiger partial charge in [0.2, 0.25) is 11.4 Å². The number of aromatic amines is 2. The molecule has 2 aromatic heterocycles. The summed E-state index contributed by atoms with van der Waals surface area (Å²) in [4.78, 5) is 15.8. The van der Waals surface area contributed by atoms with Crippen LogP contribution in [-0.4, -0.2) is 21.4 Å². The van der Waals surface area contributed by atoms with Gasteiger partial charge >= 0.3 is 0 Å². The summed E-state index contributed by atoms with van der Waals surface area (Å²) in [6.45, 7) is 18.6. The number of hydrogen-bond acceptors (Lipinski definition) is 0. The van der Waals surface area contributed by atoms with Crippen LogP contribution in [0.5, 0.6) is 0 Å². The van der Waals surface area contributed by atoms with Crippen molar-refractivity contribution >= 4 is 23.6 Å². The Morgan fingerprint density at radius 2 is 0.881 bits per heavy atom. The van der Waals surface area contributed by atoms with Gasteiger partial charge in [0.05, 0.1) is 0 Å². The van der Waals surface area contributed by atoms with Crippen molar-refractivity contribution in [1.29, 1.82) is 0 Å². The van der Waals surface area contributed by atoms with Crippen LogP contribution in [0.2, 0.25) is 0 Å². The van der Waals surface area contributed by atoms with Gasteiger partial charge in [-0.15, -0.1) is 0 Å². The molecule has 0 saturated heterocycles. The van der Waals surface area contributed by atoms with Crippen LogP contribution in [0.1, 0.15) is 136 Å². The predicted molar refractivity (Wildman–Crippen MR) is 175 cm³/mol. The highest BCUT2D eigenvalue weighted by Crippen LogP contribution is 2.44. The minimum atomic E-state index is 0.572. The van der Waals surface area contributed by atoms with E-state index in [1.165, 1.54) is 142 Å². The van der Waals surface area contributed by atoms with Gasteiger partial charge in [-0.25, -0.2) is 9.98 Å². The van der Waals surface area contributed by atoms with Gasteiger partial charge in [-0.3, -0.25) is 0 Å². The molecule has 4 atom stereocenters. The lowest BCUT2D eigenvalue weighted by Crippen LogP contribution is -2.71. The zero-order chi connectivity index (χ0) is 29.4. The fourth-order valence-electron chi connectivity index (χ4n) is 8.87. The number of aromatic nitrogens is 2. The molecule has 12 bridgehead atoms. The third-order valence-electron chi connectivity index (χ3n) is 12.1. The van der Waals surface area contributed by atoms with E-state index in [-0.39, 0.29) is 0 Å².